The molecule has 0 amide bonds. The van der Waals surface area contributed by atoms with Crippen LogP contribution < -0.4 is 5.32 Å². The number of hydrogen-bond acceptors (Lipinski definition) is 1. The molecule has 4 unspecified atom stereocenters. The molecule has 0 spiro atoms. The lowest BCUT2D eigenvalue weighted by molar-refractivity contribution is -0.0723. The first-order chi connectivity index (χ1) is 9.25. The maximum absolute atomic E-state index is 3.93. The van der Waals surface area contributed by atoms with Gasteiger partial charge in [0.2, 0.25) is 0 Å². The van der Waals surface area contributed by atoms with Crippen LogP contribution in [0.4, 0.5) is 0 Å². The van der Waals surface area contributed by atoms with Crippen molar-refractivity contribution in [1.82, 2.24) is 5.32 Å². The Bertz CT molecular complexity index is 300. The number of rotatable bonds is 3. The zero-order chi connectivity index (χ0) is 13.3. The zero-order valence-electron chi connectivity index (χ0n) is 13.1. The molecule has 5 atom stereocenters. The second-order valence-electron chi connectivity index (χ2n) is 7.81. The van der Waals surface area contributed by atoms with E-state index in [1.54, 1.807) is 0 Å². The van der Waals surface area contributed by atoms with Gasteiger partial charge in [-0.2, -0.15) is 0 Å². The van der Waals surface area contributed by atoms with Crippen molar-refractivity contribution in [3.05, 3.63) is 0 Å². The van der Waals surface area contributed by atoms with Crippen molar-refractivity contribution in [3.8, 4) is 0 Å². The van der Waals surface area contributed by atoms with Gasteiger partial charge in [0, 0.05) is 6.04 Å². The van der Waals surface area contributed by atoms with Crippen molar-refractivity contribution >= 4 is 0 Å². The van der Waals surface area contributed by atoms with Crippen LogP contribution in [0.25, 0.3) is 0 Å². The summed E-state index contributed by atoms with van der Waals surface area (Å²) in [6.07, 6.45) is 14.9. The van der Waals surface area contributed by atoms with E-state index in [2.05, 4.69) is 19.2 Å². The topological polar surface area (TPSA) is 12.0 Å². The fraction of sp³-hybridized carbons (Fsp3) is 1.00. The normalized spacial score (nSPS) is 46.4. The highest BCUT2D eigenvalue weighted by atomic mass is 14.9. The SMILES string of the molecule is CCCNC1CC2CCCCC2[C@@]2(C)CCCCC12. The summed E-state index contributed by atoms with van der Waals surface area (Å²) in [6.45, 7) is 6.20. The summed E-state index contributed by atoms with van der Waals surface area (Å²) in [5.74, 6) is 3.08. The molecule has 19 heavy (non-hydrogen) atoms. The summed E-state index contributed by atoms with van der Waals surface area (Å²) in [7, 11) is 0. The van der Waals surface area contributed by atoms with Crippen molar-refractivity contribution < 1.29 is 0 Å². The van der Waals surface area contributed by atoms with E-state index < -0.39 is 0 Å². The minimum Gasteiger partial charge on any atom is -0.314 e. The van der Waals surface area contributed by atoms with Crippen LogP contribution in [0.15, 0.2) is 0 Å². The van der Waals surface area contributed by atoms with E-state index in [4.69, 9.17) is 0 Å². The van der Waals surface area contributed by atoms with E-state index in [1.807, 2.05) is 0 Å². The fourth-order valence-corrected chi connectivity index (χ4v) is 5.91. The highest BCUT2D eigenvalue weighted by Gasteiger charge is 2.52. The molecule has 1 N–H and O–H groups in total. The Morgan fingerprint density at radius 3 is 2.58 bits per heavy atom. The standard InChI is InChI=1S/C18H33N/c1-3-12-19-17-13-14-8-4-5-9-15(14)18(2)11-7-6-10-16(17)18/h14-17,19H,3-13H2,1-2H3/t14?,15?,16?,17?,18-/m1/s1. The second kappa shape index (κ2) is 5.76. The molecule has 3 aliphatic rings. The molecule has 1 heteroatoms. The summed E-state index contributed by atoms with van der Waals surface area (Å²) in [6, 6.07) is 0.838. The first-order valence-electron chi connectivity index (χ1n) is 8.99. The molecule has 1 nitrogen and oxygen atoms in total. The molecule has 0 heterocycles. The summed E-state index contributed by atoms with van der Waals surface area (Å²) in [4.78, 5) is 0. The summed E-state index contributed by atoms with van der Waals surface area (Å²) < 4.78 is 0. The summed E-state index contributed by atoms with van der Waals surface area (Å²) in [5.41, 5.74) is 0.674. The first-order valence-corrected chi connectivity index (χ1v) is 8.99. The fourth-order valence-electron chi connectivity index (χ4n) is 5.91. The highest BCUT2D eigenvalue weighted by Crippen LogP contribution is 2.58. The van der Waals surface area contributed by atoms with Crippen molar-refractivity contribution in [3.63, 3.8) is 0 Å². The molecule has 0 saturated heterocycles. The number of fused-ring (bicyclic) bond motifs is 3. The number of nitrogens with one attached hydrogen (secondary N) is 1. The van der Waals surface area contributed by atoms with Gasteiger partial charge in [0.15, 0.2) is 0 Å². The van der Waals surface area contributed by atoms with E-state index in [-0.39, 0.29) is 0 Å². The van der Waals surface area contributed by atoms with E-state index in [9.17, 15) is 0 Å². The van der Waals surface area contributed by atoms with Gasteiger partial charge < -0.3 is 5.32 Å². The largest absolute Gasteiger partial charge is 0.314 e. The van der Waals surface area contributed by atoms with Gasteiger partial charge in [0.25, 0.3) is 0 Å². The third kappa shape index (κ3) is 2.48. The predicted molar refractivity (Wildman–Crippen MR) is 82.2 cm³/mol. The van der Waals surface area contributed by atoms with E-state index in [1.165, 1.54) is 70.8 Å². The lowest BCUT2D eigenvalue weighted by Gasteiger charge is -2.58. The Morgan fingerprint density at radius 2 is 1.74 bits per heavy atom. The lowest BCUT2D eigenvalue weighted by Crippen LogP contribution is -2.56. The van der Waals surface area contributed by atoms with Crippen LogP contribution in [0.5, 0.6) is 0 Å². The van der Waals surface area contributed by atoms with Gasteiger partial charge >= 0.3 is 0 Å². The molecule has 110 valence electrons. The lowest BCUT2D eigenvalue weighted by atomic mass is 9.48. The Balaban J connectivity index is 1.80. The average Bonchev–Trinajstić information content (AvgIpc) is 2.44. The molecular formula is C18H33N. The van der Waals surface area contributed by atoms with Gasteiger partial charge in [-0.05, 0) is 61.8 Å². The zero-order valence-corrected chi connectivity index (χ0v) is 13.1. The van der Waals surface area contributed by atoms with Crippen LogP contribution in [-0.2, 0) is 0 Å². The van der Waals surface area contributed by atoms with Crippen LogP contribution in [0.1, 0.15) is 78.1 Å². The summed E-state index contributed by atoms with van der Waals surface area (Å²) in [5, 5.41) is 3.93. The number of hydrogen-bond donors (Lipinski definition) is 1. The molecule has 3 rings (SSSR count). The van der Waals surface area contributed by atoms with Gasteiger partial charge in [0.1, 0.15) is 0 Å². The Kier molecular flexibility index (Phi) is 4.22. The predicted octanol–water partition coefficient (Wildman–Crippen LogP) is 4.76. The van der Waals surface area contributed by atoms with Crippen molar-refractivity contribution in [2.45, 2.75) is 84.1 Å². The van der Waals surface area contributed by atoms with Gasteiger partial charge in [-0.1, -0.05) is 46.0 Å². The molecule has 0 aromatic carbocycles. The quantitative estimate of drug-likeness (QED) is 0.774. The molecule has 0 radical (unpaired) electrons. The van der Waals surface area contributed by atoms with Crippen LogP contribution >= 0.6 is 0 Å². The van der Waals surface area contributed by atoms with Gasteiger partial charge in [-0.3, -0.25) is 0 Å². The van der Waals surface area contributed by atoms with Crippen molar-refractivity contribution in [2.75, 3.05) is 6.54 Å². The third-order valence-electron chi connectivity index (χ3n) is 6.78. The van der Waals surface area contributed by atoms with Crippen molar-refractivity contribution in [2.24, 2.45) is 23.2 Å². The van der Waals surface area contributed by atoms with Crippen LogP contribution in [-0.4, -0.2) is 12.6 Å². The first kappa shape index (κ1) is 13.9. The maximum atomic E-state index is 3.93. The maximum Gasteiger partial charge on any atom is 0.0103 e. The Labute approximate surface area is 119 Å². The minimum atomic E-state index is 0.674. The molecular weight excluding hydrogens is 230 g/mol. The van der Waals surface area contributed by atoms with Crippen LogP contribution in [0.2, 0.25) is 0 Å². The molecule has 0 aliphatic heterocycles. The molecule has 3 saturated carbocycles. The Morgan fingerprint density at radius 1 is 1.00 bits per heavy atom. The molecule has 3 aliphatic carbocycles. The Hall–Kier alpha value is -0.0400. The molecule has 0 aromatic heterocycles. The minimum absolute atomic E-state index is 0.674. The highest BCUT2D eigenvalue weighted by molar-refractivity contribution is 5.04. The summed E-state index contributed by atoms with van der Waals surface area (Å²) >= 11 is 0. The molecule has 0 bridgehead atoms. The monoisotopic (exact) mass is 263 g/mol. The van der Waals surface area contributed by atoms with Crippen molar-refractivity contribution in [1.29, 1.82) is 0 Å². The van der Waals surface area contributed by atoms with E-state index in [0.29, 0.717) is 5.41 Å². The molecule has 0 aromatic rings. The smallest absolute Gasteiger partial charge is 0.0103 e. The van der Waals surface area contributed by atoms with Gasteiger partial charge in [-0.15, -0.1) is 0 Å². The average molecular weight is 263 g/mol. The van der Waals surface area contributed by atoms with Gasteiger partial charge in [-0.25, -0.2) is 0 Å². The second-order valence-corrected chi connectivity index (χ2v) is 7.81. The van der Waals surface area contributed by atoms with Crippen LogP contribution in [0.3, 0.4) is 0 Å². The van der Waals surface area contributed by atoms with Crippen LogP contribution in [0, 0.1) is 23.2 Å². The van der Waals surface area contributed by atoms with E-state index in [0.717, 1.165) is 23.8 Å². The van der Waals surface area contributed by atoms with Gasteiger partial charge in [0.05, 0.1) is 0 Å². The van der Waals surface area contributed by atoms with E-state index >= 15 is 0 Å². The molecule has 3 fully saturated rings. The third-order valence-corrected chi connectivity index (χ3v) is 6.78.